The van der Waals surface area contributed by atoms with Crippen LogP contribution in [0, 0.1) is 0 Å². The molecule has 0 bridgehead atoms. The monoisotopic (exact) mass is 399 g/mol. The van der Waals surface area contributed by atoms with Crippen molar-refractivity contribution >= 4 is 33.2 Å². The summed E-state index contributed by atoms with van der Waals surface area (Å²) in [7, 11) is 0. The number of carbonyl (C=O) groups excluding carboxylic acids is 1. The van der Waals surface area contributed by atoms with Crippen LogP contribution in [-0.2, 0) is 11.8 Å². The molecule has 1 aromatic carbocycles. The molecule has 1 N–H and O–H groups in total. The van der Waals surface area contributed by atoms with Crippen molar-refractivity contribution in [3.05, 3.63) is 64.0 Å². The normalized spacial score (nSPS) is 11.7. The van der Waals surface area contributed by atoms with Crippen LogP contribution >= 0.6 is 15.9 Å². The minimum Gasteiger partial charge on any atom is -0.321 e. The Hall–Kier alpha value is -2.14. The molecule has 4 nitrogen and oxygen atoms in total. The molecule has 5 heteroatoms. The molecular weight excluding hydrogens is 378 g/mol. The topological polar surface area (TPSA) is 46.4 Å². The van der Waals surface area contributed by atoms with Gasteiger partial charge >= 0.3 is 0 Å². The van der Waals surface area contributed by atoms with Gasteiger partial charge in [-0.05, 0) is 57.6 Å². The fourth-order valence-electron chi connectivity index (χ4n) is 2.80. The van der Waals surface area contributed by atoms with Crippen molar-refractivity contribution in [1.82, 2.24) is 9.38 Å². The number of imidazole rings is 1. The molecule has 0 unspecified atom stereocenters. The summed E-state index contributed by atoms with van der Waals surface area (Å²) in [6.45, 7) is 8.52. The van der Waals surface area contributed by atoms with Crippen molar-refractivity contribution in [3.8, 4) is 0 Å². The van der Waals surface area contributed by atoms with Crippen LogP contribution in [0.5, 0.6) is 0 Å². The van der Waals surface area contributed by atoms with E-state index in [0.717, 1.165) is 21.5 Å². The van der Waals surface area contributed by atoms with Gasteiger partial charge in [0, 0.05) is 16.4 Å². The lowest BCUT2D eigenvalue weighted by Crippen LogP contribution is -2.17. The fraction of sp³-hybridized carbons (Fsp3) is 0.300. The van der Waals surface area contributed by atoms with Gasteiger partial charge in [-0.2, -0.15) is 0 Å². The Morgan fingerprint density at radius 1 is 1.16 bits per heavy atom. The van der Waals surface area contributed by atoms with Crippen molar-refractivity contribution in [2.45, 2.75) is 39.5 Å². The Labute approximate surface area is 156 Å². The zero-order chi connectivity index (χ0) is 18.2. The van der Waals surface area contributed by atoms with E-state index in [4.69, 9.17) is 0 Å². The lowest BCUT2D eigenvalue weighted by molar-refractivity contribution is 0.102. The highest BCUT2D eigenvalue weighted by atomic mass is 79.9. The number of fused-ring (bicyclic) bond motifs is 1. The lowest BCUT2D eigenvalue weighted by Gasteiger charge is -2.19. The molecule has 0 spiro atoms. The number of hydrogen-bond donors (Lipinski definition) is 1. The van der Waals surface area contributed by atoms with E-state index < -0.39 is 0 Å². The van der Waals surface area contributed by atoms with Crippen LogP contribution in [0.1, 0.15) is 49.4 Å². The average molecular weight is 400 g/mol. The van der Waals surface area contributed by atoms with Crippen molar-refractivity contribution < 1.29 is 4.79 Å². The Bertz CT molecular complexity index is 921. The van der Waals surface area contributed by atoms with E-state index >= 15 is 0 Å². The number of halogens is 1. The molecule has 3 aromatic rings. The first-order valence-electron chi connectivity index (χ1n) is 8.38. The summed E-state index contributed by atoms with van der Waals surface area (Å²) in [6.07, 6.45) is 2.57. The molecule has 0 aliphatic rings. The highest BCUT2D eigenvalue weighted by Crippen LogP contribution is 2.24. The predicted octanol–water partition coefficient (Wildman–Crippen LogP) is 5.21. The third-order valence-corrected chi connectivity index (χ3v) is 4.68. The minimum absolute atomic E-state index is 0.0891. The van der Waals surface area contributed by atoms with Crippen LogP contribution in [-0.4, -0.2) is 15.3 Å². The van der Waals surface area contributed by atoms with Crippen LogP contribution in [0.4, 0.5) is 5.69 Å². The molecule has 0 atom stereocenters. The highest BCUT2D eigenvalue weighted by Gasteiger charge is 2.19. The van der Waals surface area contributed by atoms with Crippen molar-refractivity contribution in [2.75, 3.05) is 5.32 Å². The molecular formula is C20H22BrN3O. The van der Waals surface area contributed by atoms with Gasteiger partial charge in [0.05, 0.1) is 5.69 Å². The summed E-state index contributed by atoms with van der Waals surface area (Å²) >= 11 is 3.46. The molecule has 3 rings (SSSR count). The third kappa shape index (κ3) is 3.61. The molecule has 0 aliphatic heterocycles. The number of benzene rings is 1. The zero-order valence-electron chi connectivity index (χ0n) is 14.9. The van der Waals surface area contributed by atoms with Gasteiger partial charge < -0.3 is 5.32 Å². The van der Waals surface area contributed by atoms with Crippen LogP contribution in [0.25, 0.3) is 5.65 Å². The van der Waals surface area contributed by atoms with Gasteiger partial charge in [-0.3, -0.25) is 9.20 Å². The Morgan fingerprint density at radius 2 is 1.84 bits per heavy atom. The number of aromatic nitrogens is 2. The van der Waals surface area contributed by atoms with Crippen LogP contribution in [0.2, 0.25) is 0 Å². The standard InChI is InChI=1S/C20H22BrN3O/c1-5-16-18(24-12-14(21)8-11-17(24)23-16)19(25)22-15-9-6-13(7-10-15)20(2,3)4/h6-12H,5H2,1-4H3,(H,22,25). The number of anilines is 1. The molecule has 0 saturated carbocycles. The predicted molar refractivity (Wildman–Crippen MR) is 105 cm³/mol. The summed E-state index contributed by atoms with van der Waals surface area (Å²) in [5.74, 6) is -0.147. The van der Waals surface area contributed by atoms with Gasteiger partial charge in [-0.15, -0.1) is 0 Å². The maximum atomic E-state index is 12.9. The second-order valence-corrected chi connectivity index (χ2v) is 8.03. The van der Waals surface area contributed by atoms with Crippen molar-refractivity contribution in [2.24, 2.45) is 0 Å². The molecule has 0 radical (unpaired) electrons. The van der Waals surface area contributed by atoms with E-state index in [1.54, 1.807) is 0 Å². The number of nitrogens with one attached hydrogen (secondary N) is 1. The summed E-state index contributed by atoms with van der Waals surface area (Å²) in [4.78, 5) is 17.4. The number of amides is 1. The SMILES string of the molecule is CCc1nc2ccc(Br)cn2c1C(=O)Nc1ccc(C(C)(C)C)cc1. The van der Waals surface area contributed by atoms with Crippen LogP contribution in [0.15, 0.2) is 47.1 Å². The van der Waals surface area contributed by atoms with Gasteiger partial charge in [0.1, 0.15) is 11.3 Å². The van der Waals surface area contributed by atoms with Crippen LogP contribution < -0.4 is 5.32 Å². The largest absolute Gasteiger partial charge is 0.321 e. The number of aryl methyl sites for hydroxylation is 1. The van der Waals surface area contributed by atoms with E-state index in [1.165, 1.54) is 5.56 Å². The maximum Gasteiger partial charge on any atom is 0.274 e. The maximum absolute atomic E-state index is 12.9. The molecule has 2 aromatic heterocycles. The molecule has 1 amide bonds. The first-order valence-corrected chi connectivity index (χ1v) is 9.17. The summed E-state index contributed by atoms with van der Waals surface area (Å²) in [5, 5.41) is 2.99. The average Bonchev–Trinajstić information content (AvgIpc) is 2.92. The fourth-order valence-corrected chi connectivity index (χ4v) is 3.14. The smallest absolute Gasteiger partial charge is 0.274 e. The van der Waals surface area contributed by atoms with Gasteiger partial charge in [0.2, 0.25) is 0 Å². The summed E-state index contributed by atoms with van der Waals surface area (Å²) < 4.78 is 2.74. The van der Waals surface area contributed by atoms with Gasteiger partial charge in [0.15, 0.2) is 0 Å². The Kier molecular flexibility index (Phi) is 4.69. The molecule has 0 saturated heterocycles. The third-order valence-electron chi connectivity index (χ3n) is 4.21. The number of rotatable bonds is 3. The second-order valence-electron chi connectivity index (χ2n) is 7.12. The number of hydrogen-bond acceptors (Lipinski definition) is 2. The molecule has 25 heavy (non-hydrogen) atoms. The Morgan fingerprint density at radius 3 is 2.44 bits per heavy atom. The van der Waals surface area contributed by atoms with E-state index in [1.807, 2.05) is 41.8 Å². The van der Waals surface area contributed by atoms with Gasteiger partial charge in [-0.25, -0.2) is 4.98 Å². The summed E-state index contributed by atoms with van der Waals surface area (Å²) in [6, 6.07) is 11.8. The first kappa shape index (κ1) is 17.7. The second kappa shape index (κ2) is 6.64. The van der Waals surface area contributed by atoms with Crippen LogP contribution in [0.3, 0.4) is 0 Å². The zero-order valence-corrected chi connectivity index (χ0v) is 16.5. The van der Waals surface area contributed by atoms with Crippen molar-refractivity contribution in [1.29, 1.82) is 0 Å². The highest BCUT2D eigenvalue weighted by molar-refractivity contribution is 9.10. The molecule has 0 fully saturated rings. The van der Waals surface area contributed by atoms with E-state index in [2.05, 4.69) is 59.1 Å². The van der Waals surface area contributed by atoms with E-state index in [9.17, 15) is 4.79 Å². The first-order chi connectivity index (χ1) is 11.8. The number of carbonyl (C=O) groups is 1. The minimum atomic E-state index is -0.147. The quantitative estimate of drug-likeness (QED) is 0.656. The van der Waals surface area contributed by atoms with E-state index in [-0.39, 0.29) is 11.3 Å². The van der Waals surface area contributed by atoms with Gasteiger partial charge in [0.25, 0.3) is 5.91 Å². The molecule has 0 aliphatic carbocycles. The number of nitrogens with zero attached hydrogens (tertiary/aromatic N) is 2. The van der Waals surface area contributed by atoms with E-state index in [0.29, 0.717) is 12.1 Å². The summed E-state index contributed by atoms with van der Waals surface area (Å²) in [5.41, 5.74) is 4.25. The van der Waals surface area contributed by atoms with Gasteiger partial charge in [-0.1, -0.05) is 39.8 Å². The Balaban J connectivity index is 1.93. The lowest BCUT2D eigenvalue weighted by atomic mass is 9.87. The number of pyridine rings is 1. The molecule has 130 valence electrons. The van der Waals surface area contributed by atoms with Crippen molar-refractivity contribution in [3.63, 3.8) is 0 Å². The molecule has 2 heterocycles.